The second-order valence-corrected chi connectivity index (χ2v) is 5.14. The summed E-state index contributed by atoms with van der Waals surface area (Å²) in [5, 5.41) is 1.55. The standard InChI is InChI=1S/C14H11NOS/c1-8-11(15)7-6-10-13(16)9-4-2-3-5-12(9)17-14(8)10/h2-7H,15H2,1H3. The van der Waals surface area contributed by atoms with Crippen molar-refractivity contribution < 1.29 is 0 Å². The molecule has 0 saturated carbocycles. The third kappa shape index (κ3) is 1.43. The van der Waals surface area contributed by atoms with Crippen LogP contribution in [0.25, 0.3) is 20.2 Å². The normalized spacial score (nSPS) is 11.1. The second-order valence-electron chi connectivity index (χ2n) is 4.08. The molecule has 0 amide bonds. The first-order valence-electron chi connectivity index (χ1n) is 5.39. The molecule has 3 rings (SSSR count). The lowest BCUT2D eigenvalue weighted by molar-refractivity contribution is 1.54. The van der Waals surface area contributed by atoms with Crippen molar-refractivity contribution in [3.05, 3.63) is 52.2 Å². The molecule has 0 fully saturated rings. The molecule has 17 heavy (non-hydrogen) atoms. The van der Waals surface area contributed by atoms with Gasteiger partial charge >= 0.3 is 0 Å². The Morgan fingerprint density at radius 2 is 1.82 bits per heavy atom. The van der Waals surface area contributed by atoms with Gasteiger partial charge in [-0.3, -0.25) is 4.79 Å². The Morgan fingerprint density at radius 3 is 2.65 bits per heavy atom. The fourth-order valence-electron chi connectivity index (χ4n) is 2.02. The van der Waals surface area contributed by atoms with E-state index in [1.54, 1.807) is 17.4 Å². The summed E-state index contributed by atoms with van der Waals surface area (Å²) >= 11 is 1.63. The van der Waals surface area contributed by atoms with Crippen molar-refractivity contribution >= 4 is 37.2 Å². The predicted octanol–water partition coefficient (Wildman–Crippen LogP) is 3.31. The van der Waals surface area contributed by atoms with E-state index in [0.29, 0.717) is 0 Å². The van der Waals surface area contributed by atoms with Crippen LogP contribution in [0.2, 0.25) is 0 Å². The molecule has 0 aliphatic rings. The van der Waals surface area contributed by atoms with E-state index in [0.717, 1.165) is 31.4 Å². The molecule has 0 radical (unpaired) electrons. The highest BCUT2D eigenvalue weighted by Crippen LogP contribution is 2.29. The van der Waals surface area contributed by atoms with Gasteiger partial charge in [0.25, 0.3) is 0 Å². The molecule has 0 atom stereocenters. The first kappa shape index (κ1) is 10.3. The van der Waals surface area contributed by atoms with Gasteiger partial charge in [0.05, 0.1) is 0 Å². The van der Waals surface area contributed by atoms with Crippen LogP contribution in [-0.2, 0) is 0 Å². The van der Waals surface area contributed by atoms with Crippen LogP contribution in [0.3, 0.4) is 0 Å². The zero-order valence-electron chi connectivity index (χ0n) is 9.36. The summed E-state index contributed by atoms with van der Waals surface area (Å²) in [5.41, 5.74) is 7.71. The number of aryl methyl sites for hydroxylation is 1. The Morgan fingerprint density at radius 1 is 1.06 bits per heavy atom. The van der Waals surface area contributed by atoms with Crippen LogP contribution in [0.5, 0.6) is 0 Å². The SMILES string of the molecule is Cc1c(N)ccc2c(=O)c3ccccc3sc12. The maximum absolute atomic E-state index is 12.3. The third-order valence-corrected chi connectivity index (χ3v) is 4.34. The first-order chi connectivity index (χ1) is 8.18. The first-order valence-corrected chi connectivity index (χ1v) is 6.21. The summed E-state index contributed by atoms with van der Waals surface area (Å²) in [5.74, 6) is 0. The molecule has 0 bridgehead atoms. The number of nitrogens with two attached hydrogens (primary N) is 1. The van der Waals surface area contributed by atoms with E-state index in [-0.39, 0.29) is 5.43 Å². The van der Waals surface area contributed by atoms with Crippen LogP contribution in [0.15, 0.2) is 41.2 Å². The molecule has 1 heterocycles. The molecule has 0 saturated heterocycles. The van der Waals surface area contributed by atoms with Crippen molar-refractivity contribution in [3.63, 3.8) is 0 Å². The van der Waals surface area contributed by atoms with Gasteiger partial charge in [0.2, 0.25) is 0 Å². The van der Waals surface area contributed by atoms with Crippen molar-refractivity contribution in [3.8, 4) is 0 Å². The molecule has 0 aliphatic carbocycles. The van der Waals surface area contributed by atoms with Crippen LogP contribution in [0, 0.1) is 6.92 Å². The average molecular weight is 241 g/mol. The van der Waals surface area contributed by atoms with Crippen molar-refractivity contribution in [2.24, 2.45) is 0 Å². The number of fused-ring (bicyclic) bond motifs is 2. The van der Waals surface area contributed by atoms with Gasteiger partial charge < -0.3 is 5.73 Å². The van der Waals surface area contributed by atoms with Crippen LogP contribution in [0.4, 0.5) is 5.69 Å². The van der Waals surface area contributed by atoms with E-state index in [9.17, 15) is 4.79 Å². The van der Waals surface area contributed by atoms with Gasteiger partial charge in [0, 0.05) is 25.9 Å². The van der Waals surface area contributed by atoms with Crippen LogP contribution < -0.4 is 11.2 Å². The molecule has 0 aliphatic heterocycles. The van der Waals surface area contributed by atoms with Crippen molar-refractivity contribution in [2.45, 2.75) is 6.92 Å². The van der Waals surface area contributed by atoms with Crippen molar-refractivity contribution in [1.29, 1.82) is 0 Å². The zero-order chi connectivity index (χ0) is 12.0. The molecule has 2 aromatic carbocycles. The Labute approximate surface area is 102 Å². The fraction of sp³-hybridized carbons (Fsp3) is 0.0714. The minimum Gasteiger partial charge on any atom is -0.398 e. The van der Waals surface area contributed by atoms with Crippen LogP contribution in [0.1, 0.15) is 5.56 Å². The van der Waals surface area contributed by atoms with E-state index in [1.165, 1.54) is 0 Å². The van der Waals surface area contributed by atoms with Crippen molar-refractivity contribution in [2.75, 3.05) is 5.73 Å². The van der Waals surface area contributed by atoms with Gasteiger partial charge in [-0.25, -0.2) is 0 Å². The lowest BCUT2D eigenvalue weighted by Gasteiger charge is -2.05. The van der Waals surface area contributed by atoms with E-state index >= 15 is 0 Å². The highest BCUT2D eigenvalue weighted by atomic mass is 32.1. The van der Waals surface area contributed by atoms with E-state index in [4.69, 9.17) is 5.73 Å². The summed E-state index contributed by atoms with van der Waals surface area (Å²) in [7, 11) is 0. The Balaban J connectivity index is 2.64. The van der Waals surface area contributed by atoms with E-state index in [2.05, 4.69) is 0 Å². The summed E-state index contributed by atoms with van der Waals surface area (Å²) in [4.78, 5) is 12.3. The summed E-state index contributed by atoms with van der Waals surface area (Å²) < 4.78 is 2.01. The fourth-order valence-corrected chi connectivity index (χ4v) is 3.19. The number of hydrogen-bond acceptors (Lipinski definition) is 3. The van der Waals surface area contributed by atoms with E-state index in [1.807, 2.05) is 37.3 Å². The molecule has 84 valence electrons. The van der Waals surface area contributed by atoms with Gasteiger partial charge in [-0.1, -0.05) is 12.1 Å². The third-order valence-electron chi connectivity index (χ3n) is 3.04. The lowest BCUT2D eigenvalue weighted by atomic mass is 10.1. The van der Waals surface area contributed by atoms with Gasteiger partial charge in [-0.05, 0) is 36.8 Å². The quantitative estimate of drug-likeness (QED) is 0.484. The van der Waals surface area contributed by atoms with Crippen LogP contribution >= 0.6 is 11.3 Å². The number of rotatable bonds is 0. The topological polar surface area (TPSA) is 43.1 Å². The second kappa shape index (κ2) is 3.57. The largest absolute Gasteiger partial charge is 0.398 e. The van der Waals surface area contributed by atoms with Crippen molar-refractivity contribution in [1.82, 2.24) is 0 Å². The minimum atomic E-state index is 0.0949. The molecule has 0 spiro atoms. The monoisotopic (exact) mass is 241 g/mol. The smallest absolute Gasteiger partial charge is 0.195 e. The molecule has 3 heteroatoms. The Hall–Kier alpha value is -1.87. The summed E-state index contributed by atoms with van der Waals surface area (Å²) in [6, 6.07) is 11.3. The predicted molar refractivity (Wildman–Crippen MR) is 74.8 cm³/mol. The minimum absolute atomic E-state index is 0.0949. The van der Waals surface area contributed by atoms with Gasteiger partial charge in [0.1, 0.15) is 0 Å². The molecule has 2 nitrogen and oxygen atoms in total. The summed E-state index contributed by atoms with van der Waals surface area (Å²) in [6.07, 6.45) is 0. The number of benzene rings is 2. The van der Waals surface area contributed by atoms with Crippen LogP contribution in [-0.4, -0.2) is 0 Å². The van der Waals surface area contributed by atoms with Gasteiger partial charge in [0.15, 0.2) is 5.43 Å². The molecular weight excluding hydrogens is 230 g/mol. The molecule has 2 N–H and O–H groups in total. The maximum Gasteiger partial charge on any atom is 0.195 e. The van der Waals surface area contributed by atoms with Gasteiger partial charge in [-0.2, -0.15) is 0 Å². The molecule has 0 unspecified atom stereocenters. The zero-order valence-corrected chi connectivity index (χ0v) is 10.2. The summed E-state index contributed by atoms with van der Waals surface area (Å²) in [6.45, 7) is 1.96. The van der Waals surface area contributed by atoms with E-state index < -0.39 is 0 Å². The highest BCUT2D eigenvalue weighted by molar-refractivity contribution is 7.24. The molecule has 1 aromatic heterocycles. The lowest BCUT2D eigenvalue weighted by Crippen LogP contribution is -2.02. The number of anilines is 1. The number of hydrogen-bond donors (Lipinski definition) is 1. The average Bonchev–Trinajstić information content (AvgIpc) is 2.35. The maximum atomic E-state index is 12.3. The van der Waals surface area contributed by atoms with Gasteiger partial charge in [-0.15, -0.1) is 11.3 Å². The highest BCUT2D eigenvalue weighted by Gasteiger charge is 2.08. The number of nitrogen functional groups attached to an aromatic ring is 1. The Kier molecular flexibility index (Phi) is 2.16. The Bertz CT molecular complexity index is 789. The molecular formula is C14H11NOS. The molecule has 3 aromatic rings.